The molecule has 0 nitrogen and oxygen atoms in total. The van der Waals surface area contributed by atoms with E-state index in [1.165, 1.54) is 11.1 Å². The molecular formula is C9H12. The molecule has 0 saturated heterocycles. The largest absolute Gasteiger partial charge is 0.0841 e. The molecule has 0 aliphatic heterocycles. The predicted molar refractivity (Wildman–Crippen MR) is 41.3 cm³/mol. The fourth-order valence-electron chi connectivity index (χ4n) is 0.974. The Balaban J connectivity index is 2.73. The summed E-state index contributed by atoms with van der Waals surface area (Å²) in [6, 6.07) is 0. The third-order valence-electron chi connectivity index (χ3n) is 1.54. The summed E-state index contributed by atoms with van der Waals surface area (Å²) in [6.07, 6.45) is 9.72. The van der Waals surface area contributed by atoms with E-state index < -0.39 is 0 Å². The van der Waals surface area contributed by atoms with Gasteiger partial charge < -0.3 is 0 Å². The lowest BCUT2D eigenvalue weighted by atomic mass is 10.0. The Bertz CT molecular complexity index is 180. The van der Waals surface area contributed by atoms with E-state index in [-0.39, 0.29) is 0 Å². The fourth-order valence-corrected chi connectivity index (χ4v) is 0.974. The average Bonchev–Trinajstić information content (AvgIpc) is 1.88. The quantitative estimate of drug-likeness (QED) is 0.461. The smallest absolute Gasteiger partial charge is 0.00700 e. The molecule has 0 fully saturated rings. The number of allylic oxidation sites excluding steroid dienone is 6. The molecular weight excluding hydrogens is 108 g/mol. The van der Waals surface area contributed by atoms with Crippen molar-refractivity contribution in [2.24, 2.45) is 0 Å². The second-order valence-electron chi connectivity index (χ2n) is 2.41. The van der Waals surface area contributed by atoms with Gasteiger partial charge in [0, 0.05) is 0 Å². The Hall–Kier alpha value is -0.780. The van der Waals surface area contributed by atoms with E-state index in [1.807, 2.05) is 0 Å². The minimum absolute atomic E-state index is 1.13. The summed E-state index contributed by atoms with van der Waals surface area (Å²) in [4.78, 5) is 0. The fraction of sp³-hybridized carbons (Fsp3) is 0.333. The second-order valence-corrected chi connectivity index (χ2v) is 2.41. The highest BCUT2D eigenvalue weighted by Crippen LogP contribution is 2.15. The van der Waals surface area contributed by atoms with E-state index in [0.29, 0.717) is 0 Å². The minimum Gasteiger partial charge on any atom is -0.0841 e. The van der Waals surface area contributed by atoms with Crippen molar-refractivity contribution in [3.63, 3.8) is 0 Å². The summed E-state index contributed by atoms with van der Waals surface area (Å²) in [5.74, 6) is 0. The summed E-state index contributed by atoms with van der Waals surface area (Å²) in [7, 11) is 0. The minimum atomic E-state index is 1.13. The van der Waals surface area contributed by atoms with Gasteiger partial charge in [-0.2, -0.15) is 0 Å². The van der Waals surface area contributed by atoms with Crippen molar-refractivity contribution in [3.05, 3.63) is 35.5 Å². The van der Waals surface area contributed by atoms with Gasteiger partial charge in [-0.25, -0.2) is 0 Å². The Kier molecular flexibility index (Phi) is 1.88. The van der Waals surface area contributed by atoms with Crippen LogP contribution in [0.5, 0.6) is 0 Å². The Morgan fingerprint density at radius 3 is 2.78 bits per heavy atom. The maximum absolute atomic E-state index is 2.16. The van der Waals surface area contributed by atoms with Gasteiger partial charge in [-0.05, 0) is 25.8 Å². The van der Waals surface area contributed by atoms with Crippen LogP contribution in [-0.2, 0) is 0 Å². The van der Waals surface area contributed by atoms with Crippen molar-refractivity contribution >= 4 is 0 Å². The molecule has 0 bridgehead atoms. The molecule has 48 valence electrons. The lowest BCUT2D eigenvalue weighted by Crippen LogP contribution is -1.84. The van der Waals surface area contributed by atoms with Crippen LogP contribution in [-0.4, -0.2) is 0 Å². The molecule has 0 spiro atoms. The molecule has 9 heavy (non-hydrogen) atoms. The summed E-state index contributed by atoms with van der Waals surface area (Å²) in [6.45, 7) is 4.24. The van der Waals surface area contributed by atoms with Crippen LogP contribution >= 0.6 is 0 Å². The standard InChI is InChI=1S/C9H12/c1-3-9-6-4-5-8(2)7-9/h3-6H,7H2,1-2H3. The maximum atomic E-state index is 2.16. The summed E-state index contributed by atoms with van der Waals surface area (Å²) in [5, 5.41) is 0. The van der Waals surface area contributed by atoms with Gasteiger partial charge in [0.25, 0.3) is 0 Å². The third-order valence-corrected chi connectivity index (χ3v) is 1.54. The molecule has 0 aromatic rings. The number of hydrogen-bond acceptors (Lipinski definition) is 0. The maximum Gasteiger partial charge on any atom is -0.00700 e. The van der Waals surface area contributed by atoms with Gasteiger partial charge in [-0.15, -0.1) is 0 Å². The SMILES string of the molecule is CC=C1C=CC=C(C)C1. The topological polar surface area (TPSA) is 0 Å². The molecule has 0 amide bonds. The van der Waals surface area contributed by atoms with Gasteiger partial charge >= 0.3 is 0 Å². The van der Waals surface area contributed by atoms with Gasteiger partial charge in [0.05, 0.1) is 0 Å². The highest BCUT2D eigenvalue weighted by atomic mass is 14.0. The van der Waals surface area contributed by atoms with Crippen LogP contribution in [0.3, 0.4) is 0 Å². The molecule has 0 aromatic heterocycles. The molecule has 0 N–H and O–H groups in total. The zero-order chi connectivity index (χ0) is 6.69. The monoisotopic (exact) mass is 120 g/mol. The molecule has 0 aromatic carbocycles. The Labute approximate surface area is 56.6 Å². The molecule has 1 rings (SSSR count). The van der Waals surface area contributed by atoms with Gasteiger partial charge in [0.15, 0.2) is 0 Å². The molecule has 0 saturated carbocycles. The van der Waals surface area contributed by atoms with Crippen LogP contribution in [0.2, 0.25) is 0 Å². The number of rotatable bonds is 0. The first-order chi connectivity index (χ1) is 4.33. The van der Waals surface area contributed by atoms with Crippen molar-refractivity contribution in [3.8, 4) is 0 Å². The van der Waals surface area contributed by atoms with E-state index in [4.69, 9.17) is 0 Å². The van der Waals surface area contributed by atoms with Crippen molar-refractivity contribution in [2.45, 2.75) is 20.3 Å². The Morgan fingerprint density at radius 2 is 2.33 bits per heavy atom. The average molecular weight is 120 g/mol. The first-order valence-electron chi connectivity index (χ1n) is 3.32. The van der Waals surface area contributed by atoms with Gasteiger partial charge in [-0.3, -0.25) is 0 Å². The molecule has 0 unspecified atom stereocenters. The lowest BCUT2D eigenvalue weighted by molar-refractivity contribution is 1.13. The third kappa shape index (κ3) is 1.56. The molecule has 1 aliphatic carbocycles. The van der Waals surface area contributed by atoms with E-state index in [2.05, 4.69) is 38.2 Å². The summed E-state index contributed by atoms with van der Waals surface area (Å²) in [5.41, 5.74) is 2.88. The molecule has 1 aliphatic rings. The van der Waals surface area contributed by atoms with Gasteiger partial charge in [-0.1, -0.05) is 29.9 Å². The summed E-state index contributed by atoms with van der Waals surface area (Å²) >= 11 is 0. The highest BCUT2D eigenvalue weighted by Gasteiger charge is 1.95. The van der Waals surface area contributed by atoms with Crippen molar-refractivity contribution < 1.29 is 0 Å². The van der Waals surface area contributed by atoms with E-state index in [9.17, 15) is 0 Å². The van der Waals surface area contributed by atoms with Crippen LogP contribution < -0.4 is 0 Å². The van der Waals surface area contributed by atoms with Crippen LogP contribution in [0.15, 0.2) is 35.5 Å². The zero-order valence-electron chi connectivity index (χ0n) is 6.02. The molecule has 0 heteroatoms. The van der Waals surface area contributed by atoms with Crippen LogP contribution in [0.25, 0.3) is 0 Å². The van der Waals surface area contributed by atoms with Crippen LogP contribution in [0.1, 0.15) is 20.3 Å². The van der Waals surface area contributed by atoms with Crippen LogP contribution in [0.4, 0.5) is 0 Å². The lowest BCUT2D eigenvalue weighted by Gasteiger charge is -2.04. The highest BCUT2D eigenvalue weighted by molar-refractivity contribution is 5.32. The zero-order valence-corrected chi connectivity index (χ0v) is 6.02. The van der Waals surface area contributed by atoms with E-state index in [1.54, 1.807) is 0 Å². The number of hydrogen-bond donors (Lipinski definition) is 0. The summed E-state index contributed by atoms with van der Waals surface area (Å²) < 4.78 is 0. The van der Waals surface area contributed by atoms with Gasteiger partial charge in [0.1, 0.15) is 0 Å². The van der Waals surface area contributed by atoms with E-state index >= 15 is 0 Å². The van der Waals surface area contributed by atoms with Crippen molar-refractivity contribution in [2.75, 3.05) is 0 Å². The van der Waals surface area contributed by atoms with Crippen LogP contribution in [0, 0.1) is 0 Å². The normalized spacial score (nSPS) is 22.4. The second kappa shape index (κ2) is 2.67. The van der Waals surface area contributed by atoms with E-state index in [0.717, 1.165) is 6.42 Å². The molecule has 0 atom stereocenters. The molecule has 0 heterocycles. The molecule has 0 radical (unpaired) electrons. The predicted octanol–water partition coefficient (Wildman–Crippen LogP) is 2.84. The van der Waals surface area contributed by atoms with Crippen molar-refractivity contribution in [1.82, 2.24) is 0 Å². The van der Waals surface area contributed by atoms with Gasteiger partial charge in [0.2, 0.25) is 0 Å². The Morgan fingerprint density at radius 1 is 1.56 bits per heavy atom. The first-order valence-corrected chi connectivity index (χ1v) is 3.32. The van der Waals surface area contributed by atoms with Crippen molar-refractivity contribution in [1.29, 1.82) is 0 Å². The first kappa shape index (κ1) is 6.34.